The molecule has 2 N–H and O–H groups in total. The zero-order valence-electron chi connectivity index (χ0n) is 16.2. The molecule has 3 aromatic rings. The summed E-state index contributed by atoms with van der Waals surface area (Å²) in [7, 11) is 3.12. The third-order valence-corrected chi connectivity index (χ3v) is 4.42. The SMILES string of the molecule is COc1cc(Nc2cnnc(Nc3ccccc3C(C)C)n2)c(OC)cc1Cl. The summed E-state index contributed by atoms with van der Waals surface area (Å²) in [5, 5.41) is 15.0. The van der Waals surface area contributed by atoms with Gasteiger partial charge in [0.25, 0.3) is 0 Å². The van der Waals surface area contributed by atoms with Crippen molar-refractivity contribution in [1.29, 1.82) is 0 Å². The number of ether oxygens (including phenoxy) is 2. The highest BCUT2D eigenvalue weighted by atomic mass is 35.5. The lowest BCUT2D eigenvalue weighted by Crippen LogP contribution is -2.05. The highest BCUT2D eigenvalue weighted by Gasteiger charge is 2.12. The van der Waals surface area contributed by atoms with E-state index in [1.54, 1.807) is 26.4 Å². The van der Waals surface area contributed by atoms with E-state index in [9.17, 15) is 0 Å². The molecule has 0 atom stereocenters. The topological polar surface area (TPSA) is 81.2 Å². The Morgan fingerprint density at radius 2 is 1.71 bits per heavy atom. The van der Waals surface area contributed by atoms with E-state index in [2.05, 4.69) is 45.7 Å². The molecule has 0 aliphatic rings. The summed E-state index contributed by atoms with van der Waals surface area (Å²) in [5.74, 6) is 2.34. The van der Waals surface area contributed by atoms with Crippen LogP contribution in [0.5, 0.6) is 11.5 Å². The smallest absolute Gasteiger partial charge is 0.249 e. The van der Waals surface area contributed by atoms with Crippen LogP contribution in [0, 0.1) is 0 Å². The molecule has 0 saturated carbocycles. The fraction of sp³-hybridized carbons (Fsp3) is 0.250. The summed E-state index contributed by atoms with van der Waals surface area (Å²) in [6.45, 7) is 4.27. The van der Waals surface area contributed by atoms with Crippen LogP contribution in [0.3, 0.4) is 0 Å². The van der Waals surface area contributed by atoms with E-state index in [0.29, 0.717) is 39.9 Å². The van der Waals surface area contributed by atoms with Crippen molar-refractivity contribution >= 4 is 34.7 Å². The molecule has 146 valence electrons. The van der Waals surface area contributed by atoms with Crippen molar-refractivity contribution in [3.05, 3.63) is 53.2 Å². The second-order valence-electron chi connectivity index (χ2n) is 6.34. The largest absolute Gasteiger partial charge is 0.495 e. The molecule has 1 heterocycles. The number of anilines is 4. The summed E-state index contributed by atoms with van der Waals surface area (Å²) < 4.78 is 10.7. The summed E-state index contributed by atoms with van der Waals surface area (Å²) in [4.78, 5) is 4.49. The maximum atomic E-state index is 6.16. The van der Waals surface area contributed by atoms with Gasteiger partial charge in [-0.1, -0.05) is 43.6 Å². The lowest BCUT2D eigenvalue weighted by molar-refractivity contribution is 0.405. The molecule has 2 aromatic carbocycles. The van der Waals surface area contributed by atoms with Crippen molar-refractivity contribution in [2.45, 2.75) is 19.8 Å². The van der Waals surface area contributed by atoms with Crippen molar-refractivity contribution in [3.8, 4) is 11.5 Å². The molecule has 0 aliphatic carbocycles. The predicted molar refractivity (Wildman–Crippen MR) is 111 cm³/mol. The van der Waals surface area contributed by atoms with E-state index < -0.39 is 0 Å². The highest BCUT2D eigenvalue weighted by molar-refractivity contribution is 6.32. The molecule has 7 nitrogen and oxygen atoms in total. The van der Waals surface area contributed by atoms with E-state index in [4.69, 9.17) is 21.1 Å². The monoisotopic (exact) mass is 399 g/mol. The van der Waals surface area contributed by atoms with Gasteiger partial charge in [-0.15, -0.1) is 5.10 Å². The van der Waals surface area contributed by atoms with Gasteiger partial charge < -0.3 is 20.1 Å². The van der Waals surface area contributed by atoms with Gasteiger partial charge in [0.1, 0.15) is 11.5 Å². The molecule has 0 unspecified atom stereocenters. The number of hydrogen-bond donors (Lipinski definition) is 2. The minimum absolute atomic E-state index is 0.365. The molecule has 8 heteroatoms. The molecular weight excluding hydrogens is 378 g/mol. The van der Waals surface area contributed by atoms with Gasteiger partial charge in [0.2, 0.25) is 5.95 Å². The van der Waals surface area contributed by atoms with Crippen molar-refractivity contribution in [2.24, 2.45) is 0 Å². The Hall–Kier alpha value is -3.06. The van der Waals surface area contributed by atoms with Gasteiger partial charge in [0.15, 0.2) is 5.82 Å². The Balaban J connectivity index is 1.87. The van der Waals surface area contributed by atoms with Crippen LogP contribution in [0.25, 0.3) is 0 Å². The Kier molecular flexibility index (Phi) is 6.16. The van der Waals surface area contributed by atoms with Gasteiger partial charge in [0, 0.05) is 17.8 Å². The van der Waals surface area contributed by atoms with E-state index in [0.717, 1.165) is 5.69 Å². The normalized spacial score (nSPS) is 10.6. The van der Waals surface area contributed by atoms with Crippen LogP contribution >= 0.6 is 11.6 Å². The number of benzene rings is 2. The fourth-order valence-corrected chi connectivity index (χ4v) is 2.98. The van der Waals surface area contributed by atoms with Crippen molar-refractivity contribution in [3.63, 3.8) is 0 Å². The zero-order valence-corrected chi connectivity index (χ0v) is 16.9. The highest BCUT2D eigenvalue weighted by Crippen LogP contribution is 2.37. The molecule has 1 aromatic heterocycles. The van der Waals surface area contributed by atoms with Crippen molar-refractivity contribution in [1.82, 2.24) is 15.2 Å². The molecule has 0 spiro atoms. The number of halogens is 1. The third kappa shape index (κ3) is 4.43. The quantitative estimate of drug-likeness (QED) is 0.568. The van der Waals surface area contributed by atoms with E-state index in [-0.39, 0.29) is 0 Å². The number of methoxy groups -OCH3 is 2. The Morgan fingerprint density at radius 3 is 2.43 bits per heavy atom. The molecule has 3 rings (SSSR count). The minimum atomic E-state index is 0.365. The fourth-order valence-electron chi connectivity index (χ4n) is 2.75. The first kappa shape index (κ1) is 19.7. The predicted octanol–water partition coefficient (Wildman–Crippen LogP) is 5.15. The van der Waals surface area contributed by atoms with Crippen LogP contribution in [0.15, 0.2) is 42.6 Å². The van der Waals surface area contributed by atoms with Gasteiger partial charge in [0.05, 0.1) is 31.1 Å². The Bertz CT molecular complexity index is 965. The molecular formula is C20H22ClN5O2. The van der Waals surface area contributed by atoms with E-state index in [1.165, 1.54) is 11.8 Å². The van der Waals surface area contributed by atoms with Gasteiger partial charge in [-0.3, -0.25) is 0 Å². The van der Waals surface area contributed by atoms with E-state index >= 15 is 0 Å². The molecule has 28 heavy (non-hydrogen) atoms. The number of nitrogens with one attached hydrogen (secondary N) is 2. The molecule has 0 fully saturated rings. The van der Waals surface area contributed by atoms with Crippen LogP contribution in [0.2, 0.25) is 5.02 Å². The lowest BCUT2D eigenvalue weighted by Gasteiger charge is -2.15. The van der Waals surface area contributed by atoms with Gasteiger partial charge in [-0.05, 0) is 17.5 Å². The standard InChI is InChI=1S/C20H22ClN5O2/c1-12(2)13-7-5-6-8-15(13)24-20-25-19(11-22-26-20)23-16-10-17(27-3)14(21)9-18(16)28-4/h5-12H,1-4H3,(H2,23,24,25,26). The van der Waals surface area contributed by atoms with Gasteiger partial charge >= 0.3 is 0 Å². The summed E-state index contributed by atoms with van der Waals surface area (Å²) in [6, 6.07) is 11.5. The second kappa shape index (κ2) is 8.75. The van der Waals surface area contributed by atoms with Gasteiger partial charge in [-0.2, -0.15) is 10.1 Å². The molecule has 0 radical (unpaired) electrons. The average molecular weight is 400 g/mol. The first-order valence-electron chi connectivity index (χ1n) is 8.76. The first-order valence-corrected chi connectivity index (χ1v) is 9.13. The van der Waals surface area contributed by atoms with Crippen LogP contribution in [-0.4, -0.2) is 29.4 Å². The lowest BCUT2D eigenvalue weighted by atomic mass is 10.0. The first-order chi connectivity index (χ1) is 13.5. The van der Waals surface area contributed by atoms with Crippen LogP contribution < -0.4 is 20.1 Å². The molecule has 0 bridgehead atoms. The van der Waals surface area contributed by atoms with Crippen molar-refractivity contribution < 1.29 is 9.47 Å². The average Bonchev–Trinajstić information content (AvgIpc) is 2.69. The maximum absolute atomic E-state index is 6.16. The number of nitrogens with zero attached hydrogens (tertiary/aromatic N) is 3. The second-order valence-corrected chi connectivity index (χ2v) is 6.75. The maximum Gasteiger partial charge on any atom is 0.249 e. The summed E-state index contributed by atoms with van der Waals surface area (Å²) in [6.07, 6.45) is 1.53. The third-order valence-electron chi connectivity index (χ3n) is 4.12. The van der Waals surface area contributed by atoms with Crippen molar-refractivity contribution in [2.75, 3.05) is 24.9 Å². The summed E-state index contributed by atoms with van der Waals surface area (Å²) >= 11 is 6.16. The number of aromatic nitrogens is 3. The van der Waals surface area contributed by atoms with Crippen LogP contribution in [0.4, 0.5) is 23.1 Å². The number of hydrogen-bond acceptors (Lipinski definition) is 7. The van der Waals surface area contributed by atoms with Gasteiger partial charge in [-0.25, -0.2) is 0 Å². The van der Waals surface area contributed by atoms with Crippen LogP contribution in [-0.2, 0) is 0 Å². The van der Waals surface area contributed by atoms with Crippen LogP contribution in [0.1, 0.15) is 25.3 Å². The number of rotatable bonds is 7. The number of para-hydroxylation sites is 1. The van der Waals surface area contributed by atoms with E-state index in [1.807, 2.05) is 18.2 Å². The Labute approximate surface area is 169 Å². The summed E-state index contributed by atoms with van der Waals surface area (Å²) in [5.41, 5.74) is 2.77. The molecule has 0 aliphatic heterocycles. The zero-order chi connectivity index (χ0) is 20.1. The molecule has 0 saturated heterocycles. The molecule has 0 amide bonds. The Morgan fingerprint density at radius 1 is 0.964 bits per heavy atom. The minimum Gasteiger partial charge on any atom is -0.495 e.